The van der Waals surface area contributed by atoms with E-state index in [-0.39, 0.29) is 24.0 Å². The van der Waals surface area contributed by atoms with Crippen LogP contribution in [0.25, 0.3) is 0 Å². The van der Waals surface area contributed by atoms with Crippen LogP contribution in [0.5, 0.6) is 0 Å². The molecule has 0 aliphatic rings. The largest absolute Gasteiger partial charge is 0.382 e. The first-order valence-corrected chi connectivity index (χ1v) is 9.47. The van der Waals surface area contributed by atoms with Crippen molar-refractivity contribution < 1.29 is 4.74 Å². The number of nitrogens with zero attached hydrogens (tertiary/aromatic N) is 2. The van der Waals surface area contributed by atoms with E-state index in [1.807, 2.05) is 6.92 Å². The van der Waals surface area contributed by atoms with Crippen LogP contribution in [0.3, 0.4) is 0 Å². The van der Waals surface area contributed by atoms with Gasteiger partial charge in [0, 0.05) is 32.3 Å². The molecule has 1 rings (SSSR count). The van der Waals surface area contributed by atoms with Crippen LogP contribution < -0.4 is 10.6 Å². The molecule has 0 amide bonds. The van der Waals surface area contributed by atoms with Crippen molar-refractivity contribution in [2.75, 3.05) is 46.9 Å². The number of aliphatic imine (C=N–C) groups is 1. The van der Waals surface area contributed by atoms with Crippen molar-refractivity contribution in [2.45, 2.75) is 39.2 Å². The number of hydrogen-bond donors (Lipinski definition) is 2. The Balaban J connectivity index is 0.00000625. The van der Waals surface area contributed by atoms with Gasteiger partial charge < -0.3 is 20.3 Å². The Labute approximate surface area is 177 Å². The Hall–Kier alpha value is -0.860. The van der Waals surface area contributed by atoms with Crippen LogP contribution >= 0.6 is 24.0 Å². The minimum Gasteiger partial charge on any atom is -0.382 e. The van der Waals surface area contributed by atoms with E-state index < -0.39 is 0 Å². The summed E-state index contributed by atoms with van der Waals surface area (Å²) in [7, 11) is 4.24. The molecule has 5 nitrogen and oxygen atoms in total. The zero-order valence-electron chi connectivity index (χ0n) is 16.8. The number of guanidine groups is 1. The third-order valence-electron chi connectivity index (χ3n) is 4.06. The molecule has 0 saturated heterocycles. The first-order chi connectivity index (χ1) is 12.2. The fraction of sp³-hybridized carbons (Fsp3) is 0.650. The van der Waals surface area contributed by atoms with Gasteiger partial charge in [-0.2, -0.15) is 0 Å². The zero-order valence-corrected chi connectivity index (χ0v) is 19.2. The van der Waals surface area contributed by atoms with E-state index in [1.54, 1.807) is 0 Å². The average Bonchev–Trinajstić information content (AvgIpc) is 2.61. The normalized spacial score (nSPS) is 12.6. The summed E-state index contributed by atoms with van der Waals surface area (Å²) in [4.78, 5) is 7.04. The van der Waals surface area contributed by atoms with Gasteiger partial charge in [0.25, 0.3) is 0 Å². The highest BCUT2D eigenvalue weighted by Crippen LogP contribution is 2.07. The van der Waals surface area contributed by atoms with Gasteiger partial charge in [0.2, 0.25) is 0 Å². The van der Waals surface area contributed by atoms with Crippen LogP contribution in [-0.4, -0.2) is 63.8 Å². The predicted octanol–water partition coefficient (Wildman–Crippen LogP) is 3.15. The third kappa shape index (κ3) is 11.7. The molecule has 2 N–H and O–H groups in total. The van der Waals surface area contributed by atoms with Crippen molar-refractivity contribution in [2.24, 2.45) is 4.99 Å². The summed E-state index contributed by atoms with van der Waals surface area (Å²) in [6, 6.07) is 11.0. The van der Waals surface area contributed by atoms with Crippen molar-refractivity contribution >= 4 is 29.9 Å². The monoisotopic (exact) mass is 476 g/mol. The standard InChI is InChI=1S/C20H36N4O.HI/c1-5-21-20(22-14-10-11-15-25-6-2)23-17-19(24(3)4)16-18-12-8-7-9-13-18;/h7-9,12-13,19H,5-6,10-11,14-17H2,1-4H3,(H2,21,22,23);1H. The maximum absolute atomic E-state index is 5.37. The molecule has 150 valence electrons. The van der Waals surface area contributed by atoms with E-state index >= 15 is 0 Å². The predicted molar refractivity (Wildman–Crippen MR) is 123 cm³/mol. The third-order valence-corrected chi connectivity index (χ3v) is 4.06. The molecule has 0 aromatic heterocycles. The smallest absolute Gasteiger partial charge is 0.191 e. The molecule has 0 aliphatic carbocycles. The summed E-state index contributed by atoms with van der Waals surface area (Å²) in [5.41, 5.74) is 1.35. The number of halogens is 1. The second kappa shape index (κ2) is 16.3. The highest BCUT2D eigenvalue weighted by Gasteiger charge is 2.12. The van der Waals surface area contributed by atoms with Gasteiger partial charge in [-0.1, -0.05) is 30.3 Å². The lowest BCUT2D eigenvalue weighted by Gasteiger charge is -2.23. The van der Waals surface area contributed by atoms with Crippen LogP contribution in [0, 0.1) is 0 Å². The van der Waals surface area contributed by atoms with Crippen LogP contribution in [0.2, 0.25) is 0 Å². The van der Waals surface area contributed by atoms with Gasteiger partial charge in [-0.25, -0.2) is 0 Å². The Morgan fingerprint density at radius 3 is 2.46 bits per heavy atom. The molecule has 1 unspecified atom stereocenters. The number of rotatable bonds is 12. The van der Waals surface area contributed by atoms with Gasteiger partial charge in [-0.15, -0.1) is 24.0 Å². The van der Waals surface area contributed by atoms with Gasteiger partial charge in [-0.3, -0.25) is 4.99 Å². The summed E-state index contributed by atoms with van der Waals surface area (Å²) in [6.07, 6.45) is 3.17. The molecule has 0 heterocycles. The second-order valence-corrected chi connectivity index (χ2v) is 6.36. The number of benzene rings is 1. The molecule has 0 spiro atoms. The molecule has 1 atom stereocenters. The lowest BCUT2D eigenvalue weighted by atomic mass is 10.1. The summed E-state index contributed by atoms with van der Waals surface area (Å²) >= 11 is 0. The van der Waals surface area contributed by atoms with E-state index in [1.165, 1.54) is 5.56 Å². The molecule has 0 radical (unpaired) electrons. The van der Waals surface area contributed by atoms with Gasteiger partial charge >= 0.3 is 0 Å². The summed E-state index contributed by atoms with van der Waals surface area (Å²) in [5, 5.41) is 6.75. The molecule has 0 saturated carbocycles. The van der Waals surface area contributed by atoms with Gasteiger partial charge in [-0.05, 0) is 52.8 Å². The molecule has 1 aromatic rings. The van der Waals surface area contributed by atoms with Crippen molar-refractivity contribution in [1.82, 2.24) is 15.5 Å². The van der Waals surface area contributed by atoms with Crippen LogP contribution in [0.1, 0.15) is 32.3 Å². The van der Waals surface area contributed by atoms with Crippen LogP contribution in [-0.2, 0) is 11.2 Å². The minimum absolute atomic E-state index is 0. The Morgan fingerprint density at radius 1 is 1.12 bits per heavy atom. The maximum atomic E-state index is 5.37. The molecule has 1 aromatic carbocycles. The first-order valence-electron chi connectivity index (χ1n) is 9.47. The molecule has 26 heavy (non-hydrogen) atoms. The topological polar surface area (TPSA) is 48.9 Å². The van der Waals surface area contributed by atoms with E-state index in [0.717, 1.165) is 58.1 Å². The molecule has 0 fully saturated rings. The number of likely N-dealkylation sites (N-methyl/N-ethyl adjacent to an activating group) is 1. The number of nitrogens with one attached hydrogen (secondary N) is 2. The van der Waals surface area contributed by atoms with Gasteiger partial charge in [0.05, 0.1) is 6.54 Å². The van der Waals surface area contributed by atoms with Crippen LogP contribution in [0.15, 0.2) is 35.3 Å². The minimum atomic E-state index is 0. The summed E-state index contributed by atoms with van der Waals surface area (Å²) < 4.78 is 5.37. The van der Waals surface area contributed by atoms with Crippen molar-refractivity contribution in [3.63, 3.8) is 0 Å². The van der Waals surface area contributed by atoms with Gasteiger partial charge in [0.1, 0.15) is 0 Å². The van der Waals surface area contributed by atoms with Crippen molar-refractivity contribution in [1.29, 1.82) is 0 Å². The summed E-state index contributed by atoms with van der Waals surface area (Å²) in [5.74, 6) is 0.902. The number of hydrogen-bond acceptors (Lipinski definition) is 3. The highest BCUT2D eigenvalue weighted by molar-refractivity contribution is 14.0. The zero-order chi connectivity index (χ0) is 18.3. The van der Waals surface area contributed by atoms with E-state index in [2.05, 4.69) is 66.9 Å². The molecular weight excluding hydrogens is 439 g/mol. The summed E-state index contributed by atoms with van der Waals surface area (Å²) in [6.45, 7) is 8.33. The highest BCUT2D eigenvalue weighted by atomic mass is 127. The fourth-order valence-corrected chi connectivity index (χ4v) is 2.52. The molecule has 0 bridgehead atoms. The van der Waals surface area contributed by atoms with Gasteiger partial charge in [0.15, 0.2) is 5.96 Å². The number of ether oxygens (including phenoxy) is 1. The fourth-order valence-electron chi connectivity index (χ4n) is 2.52. The molecular formula is C20H37IN4O. The Bertz CT molecular complexity index is 468. The van der Waals surface area contributed by atoms with E-state index in [4.69, 9.17) is 9.73 Å². The van der Waals surface area contributed by atoms with E-state index in [0.29, 0.717) is 6.04 Å². The SMILES string of the molecule is CCNC(=NCC(Cc1ccccc1)N(C)C)NCCCCOCC.I. The lowest BCUT2D eigenvalue weighted by Crippen LogP contribution is -2.40. The Kier molecular flexibility index (Phi) is 15.8. The maximum Gasteiger partial charge on any atom is 0.191 e. The van der Waals surface area contributed by atoms with E-state index in [9.17, 15) is 0 Å². The number of unbranched alkanes of at least 4 members (excludes halogenated alkanes) is 1. The first kappa shape index (κ1) is 25.1. The Morgan fingerprint density at radius 2 is 1.85 bits per heavy atom. The molecule has 0 aliphatic heterocycles. The second-order valence-electron chi connectivity index (χ2n) is 6.36. The average molecular weight is 476 g/mol. The van der Waals surface area contributed by atoms with Crippen molar-refractivity contribution in [3.05, 3.63) is 35.9 Å². The quantitative estimate of drug-likeness (QED) is 0.211. The van der Waals surface area contributed by atoms with Crippen molar-refractivity contribution in [3.8, 4) is 0 Å². The molecule has 6 heteroatoms. The van der Waals surface area contributed by atoms with Crippen LogP contribution in [0.4, 0.5) is 0 Å². The lowest BCUT2D eigenvalue weighted by molar-refractivity contribution is 0.143.